The summed E-state index contributed by atoms with van der Waals surface area (Å²) in [5.41, 5.74) is 2.52. The van der Waals surface area contributed by atoms with Crippen LogP contribution in [0.2, 0.25) is 0 Å². The van der Waals surface area contributed by atoms with Crippen LogP contribution >= 0.6 is 11.8 Å². The summed E-state index contributed by atoms with van der Waals surface area (Å²) in [6.45, 7) is 4.70. The Morgan fingerprint density at radius 3 is 2.88 bits per heavy atom. The predicted molar refractivity (Wildman–Crippen MR) is 101 cm³/mol. The summed E-state index contributed by atoms with van der Waals surface area (Å²) in [6, 6.07) is 14.6. The Balaban J connectivity index is 1.58. The van der Waals surface area contributed by atoms with Gasteiger partial charge < -0.3 is 4.42 Å². The lowest BCUT2D eigenvalue weighted by atomic mass is 10.0. The molecule has 130 valence electrons. The molecule has 25 heavy (non-hydrogen) atoms. The fourth-order valence-corrected chi connectivity index (χ4v) is 4.82. The molecule has 3 aromatic rings. The van der Waals surface area contributed by atoms with Crippen LogP contribution < -0.4 is 5.76 Å². The highest BCUT2D eigenvalue weighted by Gasteiger charge is 2.30. The maximum Gasteiger partial charge on any atom is 0.421 e. The van der Waals surface area contributed by atoms with Gasteiger partial charge in [0, 0.05) is 42.9 Å². The fourth-order valence-electron chi connectivity index (χ4n) is 3.59. The van der Waals surface area contributed by atoms with Crippen molar-refractivity contribution in [3.8, 4) is 0 Å². The van der Waals surface area contributed by atoms with Crippen LogP contribution in [-0.4, -0.2) is 38.5 Å². The van der Waals surface area contributed by atoms with E-state index in [-0.39, 0.29) is 5.76 Å². The first-order chi connectivity index (χ1) is 12.2. The van der Waals surface area contributed by atoms with E-state index in [9.17, 15) is 4.79 Å². The van der Waals surface area contributed by atoms with Crippen LogP contribution in [0.25, 0.3) is 11.2 Å². The number of aromatic nitrogens is 2. The lowest BCUT2D eigenvalue weighted by Gasteiger charge is -2.40. The fraction of sp³-hybridized carbons (Fsp3) is 0.368. The molecule has 0 spiro atoms. The minimum Gasteiger partial charge on any atom is -0.406 e. The van der Waals surface area contributed by atoms with Gasteiger partial charge in [-0.25, -0.2) is 9.78 Å². The van der Waals surface area contributed by atoms with Crippen molar-refractivity contribution >= 4 is 23.0 Å². The summed E-state index contributed by atoms with van der Waals surface area (Å²) in [4.78, 5) is 18.9. The van der Waals surface area contributed by atoms with Crippen molar-refractivity contribution in [2.24, 2.45) is 0 Å². The van der Waals surface area contributed by atoms with Gasteiger partial charge >= 0.3 is 5.76 Å². The quantitative estimate of drug-likeness (QED) is 0.719. The third kappa shape index (κ3) is 3.24. The summed E-state index contributed by atoms with van der Waals surface area (Å²) in [7, 11) is 0. The molecule has 0 unspecified atom stereocenters. The van der Waals surface area contributed by atoms with Crippen molar-refractivity contribution in [2.45, 2.75) is 24.8 Å². The first-order valence-electron chi connectivity index (χ1n) is 8.59. The van der Waals surface area contributed by atoms with E-state index in [2.05, 4.69) is 47.1 Å². The number of rotatable bonds is 4. The second-order valence-corrected chi connectivity index (χ2v) is 7.80. The molecule has 4 rings (SSSR count). The second-order valence-electron chi connectivity index (χ2n) is 6.31. The van der Waals surface area contributed by atoms with Gasteiger partial charge in [0.15, 0.2) is 11.2 Å². The van der Waals surface area contributed by atoms with Crippen LogP contribution in [0.5, 0.6) is 0 Å². The van der Waals surface area contributed by atoms with E-state index in [0.29, 0.717) is 29.1 Å². The van der Waals surface area contributed by atoms with Crippen LogP contribution in [-0.2, 0) is 6.54 Å². The van der Waals surface area contributed by atoms with E-state index in [1.807, 2.05) is 11.8 Å². The van der Waals surface area contributed by atoms with E-state index < -0.39 is 0 Å². The van der Waals surface area contributed by atoms with Gasteiger partial charge in [-0.3, -0.25) is 9.47 Å². The Kier molecular flexibility index (Phi) is 4.63. The highest BCUT2D eigenvalue weighted by Crippen LogP contribution is 2.35. The van der Waals surface area contributed by atoms with Crippen molar-refractivity contribution in [3.63, 3.8) is 0 Å². The Labute approximate surface area is 150 Å². The van der Waals surface area contributed by atoms with Crippen molar-refractivity contribution in [1.29, 1.82) is 0 Å². The maximum atomic E-state index is 12.2. The summed E-state index contributed by atoms with van der Waals surface area (Å²) in [6.07, 6.45) is 1.69. The maximum absolute atomic E-state index is 12.2. The molecule has 2 aromatic heterocycles. The first kappa shape index (κ1) is 16.4. The number of nitrogens with zero attached hydrogens (tertiary/aromatic N) is 3. The molecule has 0 saturated carbocycles. The van der Waals surface area contributed by atoms with Crippen LogP contribution in [0.1, 0.15) is 18.5 Å². The Bertz CT molecular complexity index is 906. The van der Waals surface area contributed by atoms with E-state index >= 15 is 0 Å². The molecule has 0 aliphatic carbocycles. The van der Waals surface area contributed by atoms with Gasteiger partial charge in [0.05, 0.1) is 0 Å². The number of pyridine rings is 1. The topological polar surface area (TPSA) is 51.3 Å². The molecule has 1 saturated heterocycles. The number of fused-ring (bicyclic) bond motifs is 1. The average molecular weight is 355 g/mol. The summed E-state index contributed by atoms with van der Waals surface area (Å²) >= 11 is 2.01. The summed E-state index contributed by atoms with van der Waals surface area (Å²) in [5, 5.41) is 0.520. The SMILES string of the molecule is C[C@@H]1SCCN(CCn2c(=O)oc3cccnc32)[C@H]1c1ccccc1. The Morgan fingerprint density at radius 1 is 1.20 bits per heavy atom. The number of oxazole rings is 1. The molecule has 5 nitrogen and oxygen atoms in total. The molecule has 6 heteroatoms. The lowest BCUT2D eigenvalue weighted by molar-refractivity contribution is 0.192. The third-order valence-corrected chi connectivity index (χ3v) is 5.98. The van der Waals surface area contributed by atoms with Crippen molar-refractivity contribution in [1.82, 2.24) is 14.5 Å². The molecule has 0 amide bonds. The normalized spacial score (nSPS) is 21.6. The Hall–Kier alpha value is -2.05. The van der Waals surface area contributed by atoms with Gasteiger partial charge in [0.2, 0.25) is 0 Å². The molecule has 0 N–H and O–H groups in total. The van der Waals surface area contributed by atoms with Crippen LogP contribution in [0.4, 0.5) is 0 Å². The van der Waals surface area contributed by atoms with E-state index in [1.165, 1.54) is 5.56 Å². The lowest BCUT2D eigenvalue weighted by Crippen LogP contribution is -2.42. The van der Waals surface area contributed by atoms with Crippen LogP contribution in [0, 0.1) is 0 Å². The second kappa shape index (κ2) is 7.06. The van der Waals surface area contributed by atoms with Crippen LogP contribution in [0.3, 0.4) is 0 Å². The summed E-state index contributed by atoms with van der Waals surface area (Å²) in [5.74, 6) is 0.786. The van der Waals surface area contributed by atoms with E-state index in [0.717, 1.165) is 18.8 Å². The predicted octanol–water partition coefficient (Wildman–Crippen LogP) is 3.17. The van der Waals surface area contributed by atoms with Gasteiger partial charge in [-0.2, -0.15) is 11.8 Å². The highest BCUT2D eigenvalue weighted by atomic mass is 32.2. The van der Waals surface area contributed by atoms with Gasteiger partial charge in [-0.15, -0.1) is 0 Å². The zero-order chi connectivity index (χ0) is 17.2. The molecule has 3 heterocycles. The molecule has 1 aliphatic rings. The molecule has 0 radical (unpaired) electrons. The minimum absolute atomic E-state index is 0.329. The molecule has 0 bridgehead atoms. The molecule has 1 aromatic carbocycles. The zero-order valence-corrected chi connectivity index (χ0v) is 15.0. The van der Waals surface area contributed by atoms with Crippen LogP contribution in [0.15, 0.2) is 57.9 Å². The van der Waals surface area contributed by atoms with Gasteiger partial charge in [0.25, 0.3) is 0 Å². The van der Waals surface area contributed by atoms with Gasteiger partial charge in [0.1, 0.15) is 0 Å². The smallest absolute Gasteiger partial charge is 0.406 e. The molecule has 2 atom stereocenters. The van der Waals surface area contributed by atoms with E-state index in [4.69, 9.17) is 4.42 Å². The van der Waals surface area contributed by atoms with Gasteiger partial charge in [-0.1, -0.05) is 37.3 Å². The average Bonchev–Trinajstić information content (AvgIpc) is 2.96. The summed E-state index contributed by atoms with van der Waals surface area (Å²) < 4.78 is 6.94. The number of hydrogen-bond donors (Lipinski definition) is 0. The third-order valence-electron chi connectivity index (χ3n) is 4.77. The molecule has 1 aliphatic heterocycles. The Morgan fingerprint density at radius 2 is 2.04 bits per heavy atom. The molecular formula is C19H21N3O2S. The molecular weight excluding hydrogens is 334 g/mol. The number of benzene rings is 1. The molecule has 1 fully saturated rings. The van der Waals surface area contributed by atoms with Gasteiger partial charge in [-0.05, 0) is 17.7 Å². The highest BCUT2D eigenvalue weighted by molar-refractivity contribution is 8.00. The largest absolute Gasteiger partial charge is 0.421 e. The zero-order valence-electron chi connectivity index (χ0n) is 14.2. The first-order valence-corrected chi connectivity index (χ1v) is 9.64. The number of thioether (sulfide) groups is 1. The van der Waals surface area contributed by atoms with Crippen molar-refractivity contribution in [3.05, 3.63) is 64.8 Å². The van der Waals surface area contributed by atoms with Crippen molar-refractivity contribution in [2.75, 3.05) is 18.8 Å². The number of hydrogen-bond acceptors (Lipinski definition) is 5. The minimum atomic E-state index is -0.329. The van der Waals surface area contributed by atoms with E-state index in [1.54, 1.807) is 22.9 Å². The van der Waals surface area contributed by atoms with Crippen molar-refractivity contribution < 1.29 is 4.42 Å². The standard InChI is InChI=1S/C19H21N3O2S/c1-14-17(15-6-3-2-4-7-15)21(12-13-25-14)10-11-22-18-16(24-19(22)23)8-5-9-20-18/h2-9,14,17H,10-13H2,1H3/t14-,17+/m0/s1. The monoisotopic (exact) mass is 355 g/mol.